The third kappa shape index (κ3) is 2.21. The molecular formula is C8H3FKNO3. The summed E-state index contributed by atoms with van der Waals surface area (Å²) in [6.45, 7) is 0. The Kier molecular flexibility index (Phi) is 3.79. The molecule has 0 aliphatic rings. The molecule has 6 heteroatoms. The van der Waals surface area contributed by atoms with E-state index in [-0.39, 0.29) is 62.5 Å². The van der Waals surface area contributed by atoms with E-state index in [1.807, 2.05) is 0 Å². The van der Waals surface area contributed by atoms with Crippen LogP contribution in [0.5, 0.6) is 0 Å². The zero-order valence-corrected chi connectivity index (χ0v) is 10.4. The Morgan fingerprint density at radius 2 is 2.21 bits per heavy atom. The molecular weight excluding hydrogens is 216 g/mol. The van der Waals surface area contributed by atoms with Gasteiger partial charge in [-0.25, -0.2) is 9.37 Å². The molecule has 2 aromatic rings. The van der Waals surface area contributed by atoms with Crippen LogP contribution in [0.1, 0.15) is 10.7 Å². The van der Waals surface area contributed by atoms with Gasteiger partial charge in [-0.1, -0.05) is 0 Å². The second-order valence-electron chi connectivity index (χ2n) is 2.42. The molecule has 0 radical (unpaired) electrons. The zero-order chi connectivity index (χ0) is 9.42. The number of nitrogens with zero attached hydrogens (tertiary/aromatic N) is 1. The first-order valence-electron chi connectivity index (χ1n) is 3.44. The summed E-state index contributed by atoms with van der Waals surface area (Å²) in [5, 5.41) is 10.3. The van der Waals surface area contributed by atoms with Crippen LogP contribution in [0.3, 0.4) is 0 Å². The largest absolute Gasteiger partial charge is 1.00 e. The quantitative estimate of drug-likeness (QED) is 0.491. The molecule has 14 heavy (non-hydrogen) atoms. The van der Waals surface area contributed by atoms with Crippen LogP contribution in [-0.2, 0) is 0 Å². The van der Waals surface area contributed by atoms with Crippen molar-refractivity contribution in [2.75, 3.05) is 0 Å². The van der Waals surface area contributed by atoms with Crippen molar-refractivity contribution in [2.45, 2.75) is 0 Å². The van der Waals surface area contributed by atoms with E-state index >= 15 is 0 Å². The number of aromatic carboxylic acids is 1. The van der Waals surface area contributed by atoms with Gasteiger partial charge in [0, 0.05) is 6.07 Å². The average Bonchev–Trinajstić information content (AvgIpc) is 2.46. The van der Waals surface area contributed by atoms with E-state index in [0.29, 0.717) is 0 Å². The fourth-order valence-corrected chi connectivity index (χ4v) is 0.988. The van der Waals surface area contributed by atoms with Gasteiger partial charge in [0.15, 0.2) is 5.58 Å². The molecule has 1 heterocycles. The van der Waals surface area contributed by atoms with Gasteiger partial charge >= 0.3 is 51.4 Å². The average molecular weight is 219 g/mol. The van der Waals surface area contributed by atoms with Crippen LogP contribution in [0, 0.1) is 5.82 Å². The summed E-state index contributed by atoms with van der Waals surface area (Å²) in [5.74, 6) is -2.55. The van der Waals surface area contributed by atoms with Gasteiger partial charge in [-0.05, 0) is 12.1 Å². The molecule has 0 unspecified atom stereocenters. The van der Waals surface area contributed by atoms with Crippen molar-refractivity contribution in [3.63, 3.8) is 0 Å². The minimum atomic E-state index is -1.52. The number of halogens is 1. The van der Waals surface area contributed by atoms with E-state index in [2.05, 4.69) is 4.98 Å². The van der Waals surface area contributed by atoms with Crippen molar-refractivity contribution >= 4 is 17.1 Å². The molecule has 0 saturated carbocycles. The molecule has 0 spiro atoms. The second-order valence-corrected chi connectivity index (χ2v) is 2.42. The Hall–Kier alpha value is -0.274. The third-order valence-electron chi connectivity index (χ3n) is 1.52. The molecule has 0 saturated heterocycles. The van der Waals surface area contributed by atoms with Gasteiger partial charge in [0.1, 0.15) is 17.3 Å². The maximum absolute atomic E-state index is 12.6. The molecule has 0 fully saturated rings. The van der Waals surface area contributed by atoms with Crippen molar-refractivity contribution in [2.24, 2.45) is 0 Å². The summed E-state index contributed by atoms with van der Waals surface area (Å²) in [4.78, 5) is 13.8. The number of hydrogen-bond acceptors (Lipinski definition) is 4. The summed E-state index contributed by atoms with van der Waals surface area (Å²) < 4.78 is 17.3. The number of oxazole rings is 1. The fourth-order valence-electron chi connectivity index (χ4n) is 0.988. The molecule has 0 amide bonds. The van der Waals surface area contributed by atoms with Gasteiger partial charge < -0.3 is 14.3 Å². The molecule has 66 valence electrons. The van der Waals surface area contributed by atoms with Gasteiger partial charge in [0.2, 0.25) is 5.89 Å². The van der Waals surface area contributed by atoms with Crippen molar-refractivity contribution in [1.82, 2.24) is 4.98 Å². The van der Waals surface area contributed by atoms with Gasteiger partial charge in [-0.15, -0.1) is 0 Å². The first-order valence-corrected chi connectivity index (χ1v) is 3.44. The maximum Gasteiger partial charge on any atom is 1.00 e. The standard InChI is InChI=1S/C8H4FNO3.K/c9-4-1-2-6-5(3-4)10-7(13-6)8(11)12;/h1-3H,(H,11,12);/q;+1/p-1. The van der Waals surface area contributed by atoms with Gasteiger partial charge in [-0.2, -0.15) is 0 Å². The summed E-state index contributed by atoms with van der Waals surface area (Å²) in [7, 11) is 0. The molecule has 0 aliphatic carbocycles. The summed E-state index contributed by atoms with van der Waals surface area (Å²) >= 11 is 0. The van der Waals surface area contributed by atoms with Gasteiger partial charge in [-0.3, -0.25) is 0 Å². The normalized spacial score (nSPS) is 9.79. The zero-order valence-electron chi connectivity index (χ0n) is 7.28. The Balaban J connectivity index is 0.000000980. The van der Waals surface area contributed by atoms with Crippen LogP contribution in [0.4, 0.5) is 4.39 Å². The molecule has 1 aromatic heterocycles. The van der Waals surface area contributed by atoms with Crippen molar-refractivity contribution in [3.8, 4) is 0 Å². The SMILES string of the molecule is O=C([O-])c1nc2cc(F)ccc2o1.[K+]. The van der Waals surface area contributed by atoms with Crippen LogP contribution >= 0.6 is 0 Å². The summed E-state index contributed by atoms with van der Waals surface area (Å²) in [5.41, 5.74) is 0.389. The van der Waals surface area contributed by atoms with E-state index < -0.39 is 17.7 Å². The van der Waals surface area contributed by atoms with Crippen molar-refractivity contribution in [1.29, 1.82) is 0 Å². The Morgan fingerprint density at radius 3 is 2.86 bits per heavy atom. The summed E-state index contributed by atoms with van der Waals surface area (Å²) in [6, 6.07) is 3.56. The molecule has 2 rings (SSSR count). The maximum atomic E-state index is 12.6. The van der Waals surface area contributed by atoms with Gasteiger partial charge in [0.25, 0.3) is 0 Å². The number of carboxylic acids is 1. The number of fused-ring (bicyclic) bond motifs is 1. The third-order valence-corrected chi connectivity index (χ3v) is 1.52. The van der Waals surface area contributed by atoms with Crippen LogP contribution in [0.15, 0.2) is 22.6 Å². The van der Waals surface area contributed by atoms with E-state index in [0.717, 1.165) is 12.1 Å². The molecule has 0 bridgehead atoms. The Bertz CT molecular complexity index is 482. The van der Waals surface area contributed by atoms with E-state index in [1.54, 1.807) is 0 Å². The minimum absolute atomic E-state index is 0. The van der Waals surface area contributed by atoms with Gasteiger partial charge in [0.05, 0.1) is 0 Å². The number of hydrogen-bond donors (Lipinski definition) is 0. The molecule has 0 N–H and O–H groups in total. The number of carboxylic acid groups (broad SMARTS) is 1. The van der Waals surface area contributed by atoms with Crippen LogP contribution in [0.25, 0.3) is 11.1 Å². The molecule has 1 aromatic carbocycles. The Morgan fingerprint density at radius 1 is 1.50 bits per heavy atom. The summed E-state index contributed by atoms with van der Waals surface area (Å²) in [6.07, 6.45) is 0. The predicted molar refractivity (Wildman–Crippen MR) is 38.3 cm³/mol. The fraction of sp³-hybridized carbons (Fsp3) is 0. The number of carbonyl (C=O) groups is 1. The number of aromatic nitrogens is 1. The topological polar surface area (TPSA) is 66.2 Å². The number of rotatable bonds is 1. The monoisotopic (exact) mass is 219 g/mol. The van der Waals surface area contributed by atoms with Crippen LogP contribution < -0.4 is 56.5 Å². The van der Waals surface area contributed by atoms with E-state index in [4.69, 9.17) is 4.42 Å². The molecule has 0 atom stereocenters. The molecule has 0 aliphatic heterocycles. The second kappa shape index (κ2) is 4.50. The minimum Gasteiger partial charge on any atom is -0.540 e. The number of benzene rings is 1. The predicted octanol–water partition coefficient (Wildman–Crippen LogP) is -2.67. The van der Waals surface area contributed by atoms with Crippen LogP contribution in [-0.4, -0.2) is 11.0 Å². The number of carbonyl (C=O) groups excluding carboxylic acids is 1. The first kappa shape index (κ1) is 11.8. The smallest absolute Gasteiger partial charge is 0.540 e. The molecule has 4 nitrogen and oxygen atoms in total. The van der Waals surface area contributed by atoms with Crippen molar-refractivity contribution < 1.29 is 70.1 Å². The van der Waals surface area contributed by atoms with Crippen molar-refractivity contribution in [3.05, 3.63) is 29.9 Å². The van der Waals surface area contributed by atoms with Crippen LogP contribution in [0.2, 0.25) is 0 Å². The first-order chi connectivity index (χ1) is 6.16. The Labute approximate surface area is 121 Å². The van der Waals surface area contributed by atoms with E-state index in [9.17, 15) is 14.3 Å². The van der Waals surface area contributed by atoms with E-state index in [1.165, 1.54) is 6.07 Å².